The third kappa shape index (κ3) is 4.71. The van der Waals surface area contributed by atoms with Gasteiger partial charge in [0.25, 0.3) is 5.69 Å². The first-order valence-electron chi connectivity index (χ1n) is 7.09. The fraction of sp³-hybridized carbons (Fsp3) is 0.118. The zero-order valence-corrected chi connectivity index (χ0v) is 14.2. The number of methoxy groups -OCH3 is 2. The van der Waals surface area contributed by atoms with Crippen LogP contribution in [0.25, 0.3) is 6.08 Å². The predicted molar refractivity (Wildman–Crippen MR) is 95.3 cm³/mol. The van der Waals surface area contributed by atoms with Crippen LogP contribution >= 0.6 is 11.6 Å². The minimum Gasteiger partial charge on any atom is -0.493 e. The summed E-state index contributed by atoms with van der Waals surface area (Å²) in [6, 6.07) is 8.91. The van der Waals surface area contributed by atoms with Crippen molar-refractivity contribution in [1.82, 2.24) is 0 Å². The summed E-state index contributed by atoms with van der Waals surface area (Å²) in [5.41, 5.74) is 1.01. The number of anilines is 1. The molecule has 8 heteroatoms. The van der Waals surface area contributed by atoms with Crippen LogP contribution in [0.5, 0.6) is 11.5 Å². The van der Waals surface area contributed by atoms with Crippen LogP contribution in [0.3, 0.4) is 0 Å². The van der Waals surface area contributed by atoms with Gasteiger partial charge in [0.05, 0.1) is 29.9 Å². The standard InChI is InChI=1S/C17H15ClN2O5/c1-24-15-9-13(18)14(10-16(15)25-2)19-17(21)8-5-11-3-6-12(7-4-11)20(22)23/h3-10H,1-2H3,(H,19,21)/b8-5+. The molecule has 7 nitrogen and oxygen atoms in total. The molecule has 1 amide bonds. The number of hydrogen-bond donors (Lipinski definition) is 1. The number of carbonyl (C=O) groups excluding carboxylic acids is 1. The number of nitro benzene ring substituents is 1. The molecule has 0 fully saturated rings. The number of rotatable bonds is 6. The Bertz CT molecular complexity index is 819. The van der Waals surface area contributed by atoms with Crippen molar-refractivity contribution >= 4 is 35.0 Å². The molecule has 0 spiro atoms. The Morgan fingerprint density at radius 1 is 1.16 bits per heavy atom. The molecule has 0 aliphatic heterocycles. The average molecular weight is 363 g/mol. The van der Waals surface area contributed by atoms with Crippen LogP contribution < -0.4 is 14.8 Å². The Kier molecular flexibility index (Phi) is 5.97. The number of carbonyl (C=O) groups is 1. The second-order valence-electron chi connectivity index (χ2n) is 4.86. The first-order valence-corrected chi connectivity index (χ1v) is 7.47. The summed E-state index contributed by atoms with van der Waals surface area (Å²) >= 11 is 6.11. The van der Waals surface area contributed by atoms with Gasteiger partial charge >= 0.3 is 0 Å². The highest BCUT2D eigenvalue weighted by Gasteiger charge is 2.11. The van der Waals surface area contributed by atoms with E-state index in [0.717, 1.165) is 0 Å². The third-order valence-corrected chi connectivity index (χ3v) is 3.57. The third-order valence-electron chi connectivity index (χ3n) is 3.26. The summed E-state index contributed by atoms with van der Waals surface area (Å²) in [4.78, 5) is 22.1. The van der Waals surface area contributed by atoms with E-state index in [0.29, 0.717) is 27.8 Å². The Labute approximate surface area is 149 Å². The smallest absolute Gasteiger partial charge is 0.269 e. The topological polar surface area (TPSA) is 90.7 Å². The molecule has 0 unspecified atom stereocenters. The van der Waals surface area contributed by atoms with E-state index >= 15 is 0 Å². The Morgan fingerprint density at radius 2 is 1.76 bits per heavy atom. The van der Waals surface area contributed by atoms with Gasteiger partial charge < -0.3 is 14.8 Å². The van der Waals surface area contributed by atoms with Crippen LogP contribution in [-0.4, -0.2) is 25.1 Å². The van der Waals surface area contributed by atoms with E-state index in [4.69, 9.17) is 21.1 Å². The average Bonchev–Trinajstić information content (AvgIpc) is 2.61. The van der Waals surface area contributed by atoms with Crippen LogP contribution in [0.15, 0.2) is 42.5 Å². The van der Waals surface area contributed by atoms with Crippen molar-refractivity contribution < 1.29 is 19.2 Å². The van der Waals surface area contributed by atoms with Crippen molar-refractivity contribution in [3.63, 3.8) is 0 Å². The second-order valence-corrected chi connectivity index (χ2v) is 5.27. The molecule has 2 rings (SSSR count). The van der Waals surface area contributed by atoms with Crippen molar-refractivity contribution in [2.24, 2.45) is 0 Å². The van der Waals surface area contributed by atoms with Gasteiger partial charge in [-0.25, -0.2) is 0 Å². The van der Waals surface area contributed by atoms with Crippen LogP contribution in [0.1, 0.15) is 5.56 Å². The van der Waals surface area contributed by atoms with E-state index in [1.54, 1.807) is 18.2 Å². The molecule has 0 aromatic heterocycles. The highest BCUT2D eigenvalue weighted by atomic mass is 35.5. The first kappa shape index (κ1) is 18.3. The van der Waals surface area contributed by atoms with E-state index in [1.807, 2.05) is 0 Å². The summed E-state index contributed by atoms with van der Waals surface area (Å²) in [5, 5.41) is 13.5. The predicted octanol–water partition coefficient (Wildman–Crippen LogP) is 3.92. The largest absolute Gasteiger partial charge is 0.493 e. The van der Waals surface area contributed by atoms with Crippen LogP contribution in [-0.2, 0) is 4.79 Å². The quantitative estimate of drug-likeness (QED) is 0.478. The number of nitrogens with zero attached hydrogens (tertiary/aromatic N) is 1. The molecule has 0 aliphatic carbocycles. The number of ether oxygens (including phenoxy) is 2. The zero-order chi connectivity index (χ0) is 18.4. The van der Waals surface area contributed by atoms with Gasteiger partial charge in [-0.15, -0.1) is 0 Å². The van der Waals surface area contributed by atoms with Crippen molar-refractivity contribution in [2.75, 3.05) is 19.5 Å². The van der Waals surface area contributed by atoms with Crippen molar-refractivity contribution in [3.8, 4) is 11.5 Å². The first-order chi connectivity index (χ1) is 11.9. The maximum absolute atomic E-state index is 12.0. The summed E-state index contributed by atoms with van der Waals surface area (Å²) in [7, 11) is 2.96. The summed E-state index contributed by atoms with van der Waals surface area (Å²) in [6.45, 7) is 0. The fourth-order valence-electron chi connectivity index (χ4n) is 2.00. The van der Waals surface area contributed by atoms with E-state index < -0.39 is 10.8 Å². The second kappa shape index (κ2) is 8.16. The number of halogens is 1. The molecule has 1 N–H and O–H groups in total. The molecule has 25 heavy (non-hydrogen) atoms. The number of nitrogens with one attached hydrogen (secondary N) is 1. The maximum atomic E-state index is 12.0. The van der Waals surface area contributed by atoms with E-state index in [-0.39, 0.29) is 5.69 Å². The van der Waals surface area contributed by atoms with Crippen LogP contribution in [0.2, 0.25) is 5.02 Å². The summed E-state index contributed by atoms with van der Waals surface area (Å²) < 4.78 is 10.3. The van der Waals surface area contributed by atoms with Gasteiger partial charge in [-0.3, -0.25) is 14.9 Å². The minimum absolute atomic E-state index is 0.0151. The highest BCUT2D eigenvalue weighted by Crippen LogP contribution is 2.36. The van der Waals surface area contributed by atoms with E-state index in [9.17, 15) is 14.9 Å². The molecular formula is C17H15ClN2O5. The molecular weight excluding hydrogens is 348 g/mol. The van der Waals surface area contributed by atoms with Gasteiger partial charge in [0.15, 0.2) is 11.5 Å². The normalized spacial score (nSPS) is 10.5. The monoisotopic (exact) mass is 362 g/mol. The highest BCUT2D eigenvalue weighted by molar-refractivity contribution is 6.34. The summed E-state index contributed by atoms with van der Waals surface area (Å²) in [5.74, 6) is 0.473. The molecule has 0 aliphatic rings. The van der Waals surface area contributed by atoms with Crippen LogP contribution in [0.4, 0.5) is 11.4 Å². The molecule has 0 atom stereocenters. The molecule has 130 valence electrons. The van der Waals surface area contributed by atoms with Gasteiger partial charge in [0.2, 0.25) is 5.91 Å². The lowest BCUT2D eigenvalue weighted by Gasteiger charge is -2.11. The number of benzene rings is 2. The van der Waals surface area contributed by atoms with Gasteiger partial charge in [0, 0.05) is 30.3 Å². The van der Waals surface area contributed by atoms with E-state index in [2.05, 4.69) is 5.32 Å². The Balaban J connectivity index is 2.10. The molecule has 0 saturated heterocycles. The number of non-ortho nitro benzene ring substituents is 1. The SMILES string of the molecule is COc1cc(Cl)c(NC(=O)/C=C/c2ccc([N+](=O)[O-])cc2)cc1OC. The minimum atomic E-state index is -0.487. The van der Waals surface area contributed by atoms with Crippen molar-refractivity contribution in [1.29, 1.82) is 0 Å². The number of amides is 1. The fourth-order valence-corrected chi connectivity index (χ4v) is 2.20. The molecule has 0 radical (unpaired) electrons. The maximum Gasteiger partial charge on any atom is 0.269 e. The van der Waals surface area contributed by atoms with E-state index in [1.165, 1.54) is 44.6 Å². The van der Waals surface area contributed by atoms with Gasteiger partial charge in [-0.05, 0) is 23.8 Å². The summed E-state index contributed by atoms with van der Waals surface area (Å²) in [6.07, 6.45) is 2.84. The molecule has 0 saturated carbocycles. The lowest BCUT2D eigenvalue weighted by atomic mass is 10.2. The Morgan fingerprint density at radius 3 is 2.32 bits per heavy atom. The molecule has 0 heterocycles. The van der Waals surface area contributed by atoms with Crippen LogP contribution in [0, 0.1) is 10.1 Å². The van der Waals surface area contributed by atoms with Crippen molar-refractivity contribution in [2.45, 2.75) is 0 Å². The molecule has 0 bridgehead atoms. The van der Waals surface area contributed by atoms with Gasteiger partial charge in [-0.2, -0.15) is 0 Å². The van der Waals surface area contributed by atoms with Crippen molar-refractivity contribution in [3.05, 3.63) is 63.2 Å². The molecule has 2 aromatic rings. The molecule has 2 aromatic carbocycles. The number of nitro groups is 1. The lowest BCUT2D eigenvalue weighted by Crippen LogP contribution is -2.08. The number of hydrogen-bond acceptors (Lipinski definition) is 5. The van der Waals surface area contributed by atoms with Gasteiger partial charge in [0.1, 0.15) is 0 Å². The zero-order valence-electron chi connectivity index (χ0n) is 13.5. The van der Waals surface area contributed by atoms with Gasteiger partial charge in [-0.1, -0.05) is 11.6 Å². The Hall–Kier alpha value is -3.06. The lowest BCUT2D eigenvalue weighted by molar-refractivity contribution is -0.384.